The minimum absolute atomic E-state index is 0.485. The van der Waals surface area contributed by atoms with Crippen LogP contribution in [-0.4, -0.2) is 41.8 Å². The van der Waals surface area contributed by atoms with Crippen molar-refractivity contribution in [1.82, 2.24) is 0 Å². The summed E-state index contributed by atoms with van der Waals surface area (Å²) in [5.41, 5.74) is 11.2. The molecule has 0 bridgehead atoms. The number of aliphatic carboxylic acids is 2. The molecule has 2 rings (SSSR count). The minimum atomic E-state index is -0.933. The Morgan fingerprint density at radius 1 is 1.04 bits per heavy atom. The van der Waals surface area contributed by atoms with E-state index in [1.165, 1.54) is 0 Å². The zero-order valence-electron chi connectivity index (χ0n) is 15.7. The summed E-state index contributed by atoms with van der Waals surface area (Å²) in [4.78, 5) is 21.1. The average Bonchev–Trinajstić information content (AvgIpc) is 2.66. The molecule has 7 heteroatoms. The van der Waals surface area contributed by atoms with E-state index in [1.807, 2.05) is 36.4 Å². The van der Waals surface area contributed by atoms with Crippen LogP contribution in [0.5, 0.6) is 5.75 Å². The second-order valence-electron chi connectivity index (χ2n) is 6.26. The third kappa shape index (κ3) is 7.24. The lowest BCUT2D eigenvalue weighted by molar-refractivity contribution is -0.139. The molecular formula is C20H28N2O5. The minimum Gasteiger partial charge on any atom is -0.497 e. The maximum atomic E-state index is 10.9. The summed E-state index contributed by atoms with van der Waals surface area (Å²) in [6, 6.07) is 10.7. The number of ether oxygens (including phenoxy) is 1. The van der Waals surface area contributed by atoms with Gasteiger partial charge in [0.15, 0.2) is 0 Å². The van der Waals surface area contributed by atoms with Crippen LogP contribution >= 0.6 is 0 Å². The van der Waals surface area contributed by atoms with Crippen molar-refractivity contribution in [2.24, 2.45) is 11.5 Å². The fraction of sp³-hybridized carbons (Fsp3) is 0.400. The fourth-order valence-corrected chi connectivity index (χ4v) is 2.41. The Morgan fingerprint density at radius 3 is 2.22 bits per heavy atom. The zero-order chi connectivity index (χ0) is 20.4. The number of hydrogen-bond donors (Lipinski definition) is 4. The lowest BCUT2D eigenvalue weighted by atomic mass is 9.98. The maximum Gasteiger partial charge on any atom is 0.320 e. The van der Waals surface area contributed by atoms with Gasteiger partial charge in [0.25, 0.3) is 0 Å². The van der Waals surface area contributed by atoms with E-state index in [4.69, 9.17) is 26.4 Å². The van der Waals surface area contributed by atoms with Gasteiger partial charge in [-0.25, -0.2) is 0 Å². The van der Waals surface area contributed by atoms with E-state index in [0.717, 1.165) is 34.9 Å². The lowest BCUT2D eigenvalue weighted by Crippen LogP contribution is -2.29. The Labute approximate surface area is 158 Å². The number of nitrogens with two attached hydrogens (primary N) is 2. The predicted molar refractivity (Wildman–Crippen MR) is 105 cm³/mol. The molecule has 0 aliphatic rings. The van der Waals surface area contributed by atoms with Crippen molar-refractivity contribution in [1.29, 1.82) is 0 Å². The van der Waals surface area contributed by atoms with Gasteiger partial charge >= 0.3 is 11.9 Å². The van der Waals surface area contributed by atoms with E-state index < -0.39 is 23.9 Å². The van der Waals surface area contributed by atoms with Crippen LogP contribution in [0.1, 0.15) is 37.7 Å². The van der Waals surface area contributed by atoms with E-state index in [2.05, 4.69) is 0 Å². The van der Waals surface area contributed by atoms with Gasteiger partial charge in [-0.15, -0.1) is 0 Å². The van der Waals surface area contributed by atoms with E-state index in [1.54, 1.807) is 14.0 Å². The fourth-order valence-electron chi connectivity index (χ4n) is 2.41. The molecule has 0 spiro atoms. The highest BCUT2D eigenvalue weighted by molar-refractivity contribution is 5.86. The number of methoxy groups -OCH3 is 1. The SMILES string of the molecule is COc1ccc2cc(C(C)C(=O)O)ccc2c1.NCCCCC(N)C(=O)O. The second-order valence-corrected chi connectivity index (χ2v) is 6.26. The van der Waals surface area contributed by atoms with Gasteiger partial charge in [-0.2, -0.15) is 0 Å². The molecule has 27 heavy (non-hydrogen) atoms. The molecule has 0 aromatic heterocycles. The van der Waals surface area contributed by atoms with Gasteiger partial charge < -0.3 is 26.4 Å². The number of hydrogen-bond acceptors (Lipinski definition) is 5. The number of rotatable bonds is 8. The van der Waals surface area contributed by atoms with Crippen molar-refractivity contribution < 1.29 is 24.5 Å². The highest BCUT2D eigenvalue weighted by Gasteiger charge is 2.13. The molecule has 0 radical (unpaired) electrons. The maximum absolute atomic E-state index is 10.9. The lowest BCUT2D eigenvalue weighted by Gasteiger charge is -2.08. The summed E-state index contributed by atoms with van der Waals surface area (Å²) in [6.45, 7) is 2.29. The molecule has 0 aliphatic heterocycles. The quantitative estimate of drug-likeness (QED) is 0.520. The van der Waals surface area contributed by atoms with Gasteiger partial charge in [0, 0.05) is 0 Å². The zero-order valence-corrected chi connectivity index (χ0v) is 15.7. The summed E-state index contributed by atoms with van der Waals surface area (Å²) in [6.07, 6.45) is 2.16. The second kappa shape index (κ2) is 11.2. The number of carbonyl (C=O) groups is 2. The van der Waals surface area contributed by atoms with Crippen LogP contribution in [0.25, 0.3) is 10.8 Å². The topological polar surface area (TPSA) is 136 Å². The van der Waals surface area contributed by atoms with Crippen molar-refractivity contribution in [3.05, 3.63) is 42.0 Å². The molecule has 2 aromatic carbocycles. The molecule has 0 aliphatic carbocycles. The van der Waals surface area contributed by atoms with Crippen molar-refractivity contribution in [3.8, 4) is 5.75 Å². The normalized spacial score (nSPS) is 12.6. The van der Waals surface area contributed by atoms with Crippen LogP contribution in [0.3, 0.4) is 0 Å². The first-order valence-electron chi connectivity index (χ1n) is 8.79. The highest BCUT2D eigenvalue weighted by atomic mass is 16.5. The Morgan fingerprint density at radius 2 is 1.67 bits per heavy atom. The molecule has 2 aromatic rings. The predicted octanol–water partition coefficient (Wildman–Crippen LogP) is 2.56. The Hall–Kier alpha value is -2.64. The van der Waals surface area contributed by atoms with Crippen LogP contribution in [0.4, 0.5) is 0 Å². The largest absolute Gasteiger partial charge is 0.497 e. The van der Waals surface area contributed by atoms with Crippen LogP contribution < -0.4 is 16.2 Å². The van der Waals surface area contributed by atoms with Crippen LogP contribution in [0, 0.1) is 0 Å². The number of carboxylic acids is 2. The van der Waals surface area contributed by atoms with Gasteiger partial charge in [-0.1, -0.05) is 30.7 Å². The van der Waals surface area contributed by atoms with Gasteiger partial charge in [-0.3, -0.25) is 9.59 Å². The molecule has 148 valence electrons. The van der Waals surface area contributed by atoms with Crippen molar-refractivity contribution in [2.45, 2.75) is 38.1 Å². The van der Waals surface area contributed by atoms with Gasteiger partial charge in [0.1, 0.15) is 11.8 Å². The third-order valence-corrected chi connectivity index (χ3v) is 4.23. The first kappa shape index (κ1) is 22.4. The molecule has 0 saturated heterocycles. The average molecular weight is 376 g/mol. The van der Waals surface area contributed by atoms with Crippen LogP contribution in [0.2, 0.25) is 0 Å². The molecule has 0 amide bonds. The Kier molecular flexibility index (Phi) is 9.25. The van der Waals surface area contributed by atoms with E-state index in [0.29, 0.717) is 13.0 Å². The first-order chi connectivity index (χ1) is 12.8. The Bertz CT molecular complexity index is 763. The van der Waals surface area contributed by atoms with E-state index >= 15 is 0 Å². The van der Waals surface area contributed by atoms with E-state index in [9.17, 15) is 9.59 Å². The molecule has 6 N–H and O–H groups in total. The van der Waals surface area contributed by atoms with Crippen LogP contribution in [-0.2, 0) is 9.59 Å². The smallest absolute Gasteiger partial charge is 0.320 e. The summed E-state index contributed by atoms with van der Waals surface area (Å²) < 4.78 is 5.14. The van der Waals surface area contributed by atoms with Gasteiger partial charge in [-0.05, 0) is 54.8 Å². The van der Waals surface area contributed by atoms with Crippen LogP contribution in [0.15, 0.2) is 36.4 Å². The monoisotopic (exact) mass is 376 g/mol. The Balaban J connectivity index is 0.000000314. The summed E-state index contributed by atoms with van der Waals surface area (Å²) >= 11 is 0. The van der Waals surface area contributed by atoms with Crippen molar-refractivity contribution >= 4 is 22.7 Å². The first-order valence-corrected chi connectivity index (χ1v) is 8.79. The third-order valence-electron chi connectivity index (χ3n) is 4.23. The molecule has 0 saturated carbocycles. The number of carboxylic acid groups (broad SMARTS) is 2. The summed E-state index contributed by atoms with van der Waals surface area (Å²) in [5, 5.41) is 19.4. The highest BCUT2D eigenvalue weighted by Crippen LogP contribution is 2.25. The molecule has 2 atom stereocenters. The number of unbranched alkanes of at least 4 members (excludes halogenated alkanes) is 1. The van der Waals surface area contributed by atoms with Crippen molar-refractivity contribution in [3.63, 3.8) is 0 Å². The molecule has 0 heterocycles. The van der Waals surface area contributed by atoms with E-state index in [-0.39, 0.29) is 0 Å². The molecule has 0 fully saturated rings. The molecular weight excluding hydrogens is 348 g/mol. The van der Waals surface area contributed by atoms with Gasteiger partial charge in [0.05, 0.1) is 13.0 Å². The van der Waals surface area contributed by atoms with Crippen molar-refractivity contribution in [2.75, 3.05) is 13.7 Å². The molecule has 2 unspecified atom stereocenters. The number of benzene rings is 2. The summed E-state index contributed by atoms with van der Waals surface area (Å²) in [5.74, 6) is -1.42. The summed E-state index contributed by atoms with van der Waals surface area (Å²) in [7, 11) is 1.63. The number of fused-ring (bicyclic) bond motifs is 1. The standard InChI is InChI=1S/C14H14O3.C6H14N2O2/c1-9(14(15)16)10-3-4-12-8-13(17-2)6-5-11(12)7-10;7-4-2-1-3-5(8)6(9)10/h3-9H,1-2H3,(H,15,16);5H,1-4,7-8H2,(H,9,10). The molecule has 7 nitrogen and oxygen atoms in total. The van der Waals surface area contributed by atoms with Gasteiger partial charge in [0.2, 0.25) is 0 Å².